The summed E-state index contributed by atoms with van der Waals surface area (Å²) in [7, 11) is -0.421. The highest BCUT2D eigenvalue weighted by Gasteiger charge is 2.21. The van der Waals surface area contributed by atoms with E-state index in [-0.39, 0.29) is 0 Å². The molecule has 0 aliphatic heterocycles. The lowest BCUT2D eigenvalue weighted by Crippen LogP contribution is -2.26. The Balaban J connectivity index is 2.27. The average molecular weight is 319 g/mol. The number of sulfonamides is 1. The van der Waals surface area contributed by atoms with Crippen LogP contribution in [0.25, 0.3) is 0 Å². The largest absolute Gasteiger partial charge is 0.497 e. The SMILES string of the molecule is CCCc1ccc(S(=O)(=O)N(C)c2ccc(OC)cc2)cc1. The molecule has 0 saturated carbocycles. The average Bonchev–Trinajstić information content (AvgIpc) is 2.55. The highest BCUT2D eigenvalue weighted by molar-refractivity contribution is 7.92. The first kappa shape index (κ1) is 16.4. The molecule has 2 aromatic carbocycles. The molecule has 22 heavy (non-hydrogen) atoms. The molecule has 0 fully saturated rings. The molecule has 5 heteroatoms. The van der Waals surface area contributed by atoms with Crippen LogP contribution in [0.4, 0.5) is 5.69 Å². The second-order valence-corrected chi connectivity index (χ2v) is 7.03. The Kier molecular flexibility index (Phi) is 5.08. The minimum atomic E-state index is -3.55. The van der Waals surface area contributed by atoms with E-state index in [9.17, 15) is 8.42 Å². The Hall–Kier alpha value is -2.01. The summed E-state index contributed by atoms with van der Waals surface area (Å²) in [6.07, 6.45) is 1.99. The maximum atomic E-state index is 12.7. The first-order chi connectivity index (χ1) is 10.5. The molecule has 118 valence electrons. The molecule has 0 amide bonds. The first-order valence-corrected chi connectivity index (χ1v) is 8.65. The summed E-state index contributed by atoms with van der Waals surface area (Å²) in [5, 5.41) is 0. The lowest BCUT2D eigenvalue weighted by molar-refractivity contribution is 0.415. The Morgan fingerprint density at radius 3 is 2.09 bits per heavy atom. The third-order valence-corrected chi connectivity index (χ3v) is 5.36. The van der Waals surface area contributed by atoms with Gasteiger partial charge in [0.15, 0.2) is 0 Å². The van der Waals surface area contributed by atoms with Gasteiger partial charge in [-0.05, 0) is 48.4 Å². The van der Waals surface area contributed by atoms with E-state index in [0.717, 1.165) is 18.4 Å². The van der Waals surface area contributed by atoms with Crippen LogP contribution in [-0.4, -0.2) is 22.6 Å². The number of nitrogens with zero attached hydrogens (tertiary/aromatic N) is 1. The third-order valence-electron chi connectivity index (χ3n) is 3.56. The monoisotopic (exact) mass is 319 g/mol. The fourth-order valence-corrected chi connectivity index (χ4v) is 3.40. The molecule has 0 radical (unpaired) electrons. The van der Waals surface area contributed by atoms with Crippen molar-refractivity contribution >= 4 is 15.7 Å². The van der Waals surface area contributed by atoms with E-state index in [1.54, 1.807) is 50.6 Å². The summed E-state index contributed by atoms with van der Waals surface area (Å²) in [6, 6.07) is 14.0. The van der Waals surface area contributed by atoms with E-state index < -0.39 is 10.0 Å². The van der Waals surface area contributed by atoms with Crippen LogP contribution in [0.15, 0.2) is 53.4 Å². The molecule has 0 aliphatic rings. The molecule has 4 nitrogen and oxygen atoms in total. The van der Waals surface area contributed by atoms with Crippen molar-refractivity contribution in [2.75, 3.05) is 18.5 Å². The van der Waals surface area contributed by atoms with Crippen molar-refractivity contribution < 1.29 is 13.2 Å². The number of rotatable bonds is 6. The van der Waals surface area contributed by atoms with Gasteiger partial charge in [0.05, 0.1) is 17.7 Å². The van der Waals surface area contributed by atoms with E-state index in [0.29, 0.717) is 16.3 Å². The molecule has 0 spiro atoms. The molecular weight excluding hydrogens is 298 g/mol. The summed E-state index contributed by atoms with van der Waals surface area (Å²) in [5.74, 6) is 0.693. The number of benzene rings is 2. The highest BCUT2D eigenvalue weighted by atomic mass is 32.2. The standard InChI is InChI=1S/C17H21NO3S/c1-4-5-14-6-12-17(13-7-14)22(19,20)18(2)15-8-10-16(21-3)11-9-15/h6-13H,4-5H2,1-3H3. The van der Waals surface area contributed by atoms with Crippen LogP contribution in [0.3, 0.4) is 0 Å². The normalized spacial score (nSPS) is 11.2. The zero-order valence-corrected chi connectivity index (χ0v) is 13.9. The summed E-state index contributed by atoms with van der Waals surface area (Å²) in [4.78, 5) is 0.297. The van der Waals surface area contributed by atoms with Crippen LogP contribution in [0.1, 0.15) is 18.9 Å². The summed E-state index contributed by atoms with van der Waals surface area (Å²) in [6.45, 7) is 2.10. The van der Waals surface area contributed by atoms with Crippen molar-refractivity contribution in [2.24, 2.45) is 0 Å². The van der Waals surface area contributed by atoms with Crippen LogP contribution >= 0.6 is 0 Å². The minimum absolute atomic E-state index is 0.297. The second kappa shape index (κ2) is 6.83. The van der Waals surface area contributed by atoms with Crippen LogP contribution in [0.5, 0.6) is 5.75 Å². The van der Waals surface area contributed by atoms with Crippen molar-refractivity contribution in [3.8, 4) is 5.75 Å². The Morgan fingerprint density at radius 2 is 1.59 bits per heavy atom. The molecular formula is C17H21NO3S. The van der Waals surface area contributed by atoms with Crippen LogP contribution in [0, 0.1) is 0 Å². The molecule has 0 N–H and O–H groups in total. The number of hydrogen-bond acceptors (Lipinski definition) is 3. The van der Waals surface area contributed by atoms with Gasteiger partial charge in [0.1, 0.15) is 5.75 Å². The molecule has 0 unspecified atom stereocenters. The van der Waals surface area contributed by atoms with Crippen LogP contribution in [0.2, 0.25) is 0 Å². The molecule has 0 saturated heterocycles. The fourth-order valence-electron chi connectivity index (χ4n) is 2.21. The molecule has 0 aromatic heterocycles. The van der Waals surface area contributed by atoms with Crippen LogP contribution in [-0.2, 0) is 16.4 Å². The summed E-state index contributed by atoms with van der Waals surface area (Å²) in [5.41, 5.74) is 1.74. The van der Waals surface area contributed by atoms with E-state index >= 15 is 0 Å². The van der Waals surface area contributed by atoms with Crippen molar-refractivity contribution in [1.82, 2.24) is 0 Å². The van der Waals surface area contributed by atoms with Crippen molar-refractivity contribution in [3.63, 3.8) is 0 Å². The van der Waals surface area contributed by atoms with E-state index in [1.165, 1.54) is 4.31 Å². The lowest BCUT2D eigenvalue weighted by atomic mass is 10.1. The maximum Gasteiger partial charge on any atom is 0.264 e. The number of anilines is 1. The van der Waals surface area contributed by atoms with Gasteiger partial charge < -0.3 is 4.74 Å². The third kappa shape index (κ3) is 3.42. The zero-order valence-electron chi connectivity index (χ0n) is 13.1. The van der Waals surface area contributed by atoms with Gasteiger partial charge in [0.25, 0.3) is 10.0 Å². The highest BCUT2D eigenvalue weighted by Crippen LogP contribution is 2.24. The molecule has 0 heterocycles. The van der Waals surface area contributed by atoms with Gasteiger partial charge in [-0.25, -0.2) is 8.42 Å². The number of aryl methyl sites for hydroxylation is 1. The number of methoxy groups -OCH3 is 1. The predicted octanol–water partition coefficient (Wildman–Crippen LogP) is 3.47. The Morgan fingerprint density at radius 1 is 1.00 bits per heavy atom. The van der Waals surface area contributed by atoms with Crippen molar-refractivity contribution in [2.45, 2.75) is 24.7 Å². The van der Waals surface area contributed by atoms with Gasteiger partial charge >= 0.3 is 0 Å². The lowest BCUT2D eigenvalue weighted by Gasteiger charge is -2.20. The van der Waals surface area contributed by atoms with Gasteiger partial charge in [-0.2, -0.15) is 0 Å². The van der Waals surface area contributed by atoms with Gasteiger partial charge in [-0.3, -0.25) is 4.31 Å². The Labute approximate surface area is 132 Å². The van der Waals surface area contributed by atoms with Gasteiger partial charge in [0.2, 0.25) is 0 Å². The van der Waals surface area contributed by atoms with E-state index in [2.05, 4.69) is 6.92 Å². The van der Waals surface area contributed by atoms with E-state index in [4.69, 9.17) is 4.74 Å². The smallest absolute Gasteiger partial charge is 0.264 e. The molecule has 2 rings (SSSR count). The molecule has 0 aliphatic carbocycles. The van der Waals surface area contributed by atoms with Gasteiger partial charge in [0, 0.05) is 7.05 Å². The molecule has 2 aromatic rings. The topological polar surface area (TPSA) is 46.6 Å². The number of hydrogen-bond donors (Lipinski definition) is 0. The minimum Gasteiger partial charge on any atom is -0.497 e. The quantitative estimate of drug-likeness (QED) is 0.819. The fraction of sp³-hybridized carbons (Fsp3) is 0.294. The first-order valence-electron chi connectivity index (χ1n) is 7.21. The molecule has 0 atom stereocenters. The maximum absolute atomic E-state index is 12.7. The van der Waals surface area contributed by atoms with E-state index in [1.807, 2.05) is 12.1 Å². The van der Waals surface area contributed by atoms with Crippen molar-refractivity contribution in [3.05, 3.63) is 54.1 Å². The zero-order chi connectivity index (χ0) is 16.2. The second-order valence-electron chi connectivity index (χ2n) is 5.06. The summed E-state index contributed by atoms with van der Waals surface area (Å²) >= 11 is 0. The molecule has 0 bridgehead atoms. The predicted molar refractivity (Wildman–Crippen MR) is 89.0 cm³/mol. The number of ether oxygens (including phenoxy) is 1. The Bertz CT molecular complexity index is 707. The van der Waals surface area contributed by atoms with Crippen LogP contribution < -0.4 is 9.04 Å². The summed E-state index contributed by atoms with van der Waals surface area (Å²) < 4.78 is 31.7. The van der Waals surface area contributed by atoms with Crippen molar-refractivity contribution in [1.29, 1.82) is 0 Å². The van der Waals surface area contributed by atoms with Gasteiger partial charge in [-0.1, -0.05) is 25.5 Å². The van der Waals surface area contributed by atoms with Gasteiger partial charge in [-0.15, -0.1) is 0 Å².